The second kappa shape index (κ2) is 5.19. The number of pyridine rings is 1. The molecule has 6 heteroatoms. The van der Waals surface area contributed by atoms with Crippen molar-refractivity contribution >= 4 is 23.2 Å². The molecule has 1 aliphatic rings. The SMILES string of the molecule is O=C1NCCCC1NCc1cn2cc(Cl)ccc2n1. The Labute approximate surface area is 116 Å². The highest BCUT2D eigenvalue weighted by atomic mass is 35.5. The molecule has 1 unspecified atom stereocenters. The maximum Gasteiger partial charge on any atom is 0.237 e. The zero-order chi connectivity index (χ0) is 13.2. The largest absolute Gasteiger partial charge is 0.355 e. The molecule has 0 spiro atoms. The summed E-state index contributed by atoms with van der Waals surface area (Å²) in [5.74, 6) is 0.0815. The summed E-state index contributed by atoms with van der Waals surface area (Å²) in [4.78, 5) is 16.1. The first-order valence-corrected chi connectivity index (χ1v) is 6.74. The third kappa shape index (κ3) is 2.72. The second-order valence-corrected chi connectivity index (χ2v) is 5.15. The van der Waals surface area contributed by atoms with E-state index in [1.807, 2.05) is 28.9 Å². The van der Waals surface area contributed by atoms with Gasteiger partial charge in [-0.25, -0.2) is 4.98 Å². The summed E-state index contributed by atoms with van der Waals surface area (Å²) in [5, 5.41) is 6.78. The number of halogens is 1. The fourth-order valence-corrected chi connectivity index (χ4v) is 2.47. The molecular weight excluding hydrogens is 264 g/mol. The molecule has 5 nitrogen and oxygen atoms in total. The number of hydrogen-bond acceptors (Lipinski definition) is 3. The van der Waals surface area contributed by atoms with E-state index in [9.17, 15) is 4.79 Å². The smallest absolute Gasteiger partial charge is 0.237 e. The molecule has 3 rings (SSSR count). The van der Waals surface area contributed by atoms with Gasteiger partial charge >= 0.3 is 0 Å². The van der Waals surface area contributed by atoms with Crippen LogP contribution in [-0.2, 0) is 11.3 Å². The third-order valence-corrected chi connectivity index (χ3v) is 3.50. The van der Waals surface area contributed by atoms with Crippen molar-refractivity contribution in [1.29, 1.82) is 0 Å². The van der Waals surface area contributed by atoms with Gasteiger partial charge in [-0.1, -0.05) is 11.6 Å². The Balaban J connectivity index is 1.69. The van der Waals surface area contributed by atoms with Crippen LogP contribution in [0.25, 0.3) is 5.65 Å². The van der Waals surface area contributed by atoms with Crippen molar-refractivity contribution in [2.24, 2.45) is 0 Å². The standard InChI is InChI=1S/C13H15ClN4O/c14-9-3-4-12-17-10(8-18(12)7-9)6-16-11-2-1-5-15-13(11)19/h3-4,7-8,11,16H,1-2,5-6H2,(H,15,19). The summed E-state index contributed by atoms with van der Waals surface area (Å²) in [6.45, 7) is 1.36. The van der Waals surface area contributed by atoms with E-state index in [-0.39, 0.29) is 11.9 Å². The lowest BCUT2D eigenvalue weighted by Gasteiger charge is -2.22. The van der Waals surface area contributed by atoms with E-state index >= 15 is 0 Å². The number of amides is 1. The summed E-state index contributed by atoms with van der Waals surface area (Å²) < 4.78 is 1.89. The van der Waals surface area contributed by atoms with E-state index in [1.165, 1.54) is 0 Å². The monoisotopic (exact) mass is 278 g/mol. The van der Waals surface area contributed by atoms with Gasteiger partial charge in [0.15, 0.2) is 0 Å². The number of nitrogens with zero attached hydrogens (tertiary/aromatic N) is 2. The minimum absolute atomic E-state index is 0.0815. The predicted octanol–water partition coefficient (Wildman–Crippen LogP) is 1.36. The molecule has 0 aliphatic carbocycles. The van der Waals surface area contributed by atoms with Crippen molar-refractivity contribution in [3.63, 3.8) is 0 Å². The fourth-order valence-electron chi connectivity index (χ4n) is 2.30. The summed E-state index contributed by atoms with van der Waals surface area (Å²) >= 11 is 5.93. The van der Waals surface area contributed by atoms with Gasteiger partial charge in [-0.2, -0.15) is 0 Å². The molecule has 0 aromatic carbocycles. The Hall–Kier alpha value is -1.59. The van der Waals surface area contributed by atoms with Gasteiger partial charge in [0.2, 0.25) is 5.91 Å². The first kappa shape index (κ1) is 12.4. The van der Waals surface area contributed by atoms with Crippen LogP contribution in [0.5, 0.6) is 0 Å². The van der Waals surface area contributed by atoms with Crippen molar-refractivity contribution in [1.82, 2.24) is 20.0 Å². The van der Waals surface area contributed by atoms with E-state index in [1.54, 1.807) is 0 Å². The average Bonchev–Trinajstić information content (AvgIpc) is 2.79. The molecule has 0 saturated carbocycles. The number of aromatic nitrogens is 2. The highest BCUT2D eigenvalue weighted by molar-refractivity contribution is 6.30. The molecule has 2 aromatic rings. The van der Waals surface area contributed by atoms with Crippen molar-refractivity contribution in [2.75, 3.05) is 6.54 Å². The Morgan fingerprint density at radius 1 is 1.47 bits per heavy atom. The molecule has 2 N–H and O–H groups in total. The van der Waals surface area contributed by atoms with Gasteiger partial charge in [-0.15, -0.1) is 0 Å². The number of imidazole rings is 1. The average molecular weight is 279 g/mol. The fraction of sp³-hybridized carbons (Fsp3) is 0.385. The first-order valence-electron chi connectivity index (χ1n) is 6.36. The summed E-state index contributed by atoms with van der Waals surface area (Å²) in [7, 11) is 0. The third-order valence-electron chi connectivity index (χ3n) is 3.28. The second-order valence-electron chi connectivity index (χ2n) is 4.71. The van der Waals surface area contributed by atoms with E-state index in [4.69, 9.17) is 11.6 Å². The number of hydrogen-bond donors (Lipinski definition) is 2. The zero-order valence-electron chi connectivity index (χ0n) is 10.4. The lowest BCUT2D eigenvalue weighted by Crippen LogP contribution is -2.47. The molecule has 19 heavy (non-hydrogen) atoms. The normalized spacial score (nSPS) is 19.6. The lowest BCUT2D eigenvalue weighted by atomic mass is 10.1. The Morgan fingerprint density at radius 3 is 3.21 bits per heavy atom. The van der Waals surface area contributed by atoms with E-state index in [0.29, 0.717) is 11.6 Å². The molecule has 2 aromatic heterocycles. The maximum atomic E-state index is 11.6. The first-order chi connectivity index (χ1) is 9.22. The Bertz CT molecular complexity index is 610. The minimum Gasteiger partial charge on any atom is -0.355 e. The van der Waals surface area contributed by atoms with Crippen molar-refractivity contribution in [2.45, 2.75) is 25.4 Å². The van der Waals surface area contributed by atoms with Crippen LogP contribution in [0.1, 0.15) is 18.5 Å². The van der Waals surface area contributed by atoms with Crippen LogP contribution in [0.3, 0.4) is 0 Å². The van der Waals surface area contributed by atoms with Gasteiger partial charge in [-0.05, 0) is 25.0 Å². The van der Waals surface area contributed by atoms with Crippen LogP contribution in [0.2, 0.25) is 5.02 Å². The molecule has 3 heterocycles. The topological polar surface area (TPSA) is 58.4 Å². The molecule has 1 amide bonds. The summed E-state index contributed by atoms with van der Waals surface area (Å²) in [5.41, 5.74) is 1.76. The quantitative estimate of drug-likeness (QED) is 0.891. The number of rotatable bonds is 3. The summed E-state index contributed by atoms with van der Waals surface area (Å²) in [6, 6.07) is 3.58. The van der Waals surface area contributed by atoms with Gasteiger partial charge in [0.05, 0.1) is 16.8 Å². The Morgan fingerprint density at radius 2 is 2.37 bits per heavy atom. The maximum absolute atomic E-state index is 11.6. The van der Waals surface area contributed by atoms with Gasteiger partial charge in [0, 0.05) is 25.5 Å². The summed E-state index contributed by atoms with van der Waals surface area (Å²) in [6.07, 6.45) is 5.64. The van der Waals surface area contributed by atoms with Gasteiger partial charge in [0.1, 0.15) is 5.65 Å². The lowest BCUT2D eigenvalue weighted by molar-refractivity contribution is -0.124. The molecule has 1 aliphatic heterocycles. The molecule has 1 fully saturated rings. The van der Waals surface area contributed by atoms with Crippen molar-refractivity contribution in [3.05, 3.63) is 35.2 Å². The highest BCUT2D eigenvalue weighted by Gasteiger charge is 2.21. The zero-order valence-corrected chi connectivity index (χ0v) is 11.2. The van der Waals surface area contributed by atoms with Crippen LogP contribution in [0.15, 0.2) is 24.5 Å². The van der Waals surface area contributed by atoms with E-state index in [2.05, 4.69) is 15.6 Å². The Kier molecular flexibility index (Phi) is 3.40. The molecule has 0 radical (unpaired) electrons. The van der Waals surface area contributed by atoms with Crippen LogP contribution in [-0.4, -0.2) is 27.9 Å². The van der Waals surface area contributed by atoms with Crippen LogP contribution in [0.4, 0.5) is 0 Å². The van der Waals surface area contributed by atoms with Crippen LogP contribution < -0.4 is 10.6 Å². The molecule has 0 bridgehead atoms. The minimum atomic E-state index is -0.109. The number of nitrogens with one attached hydrogen (secondary N) is 2. The predicted molar refractivity (Wildman–Crippen MR) is 73.1 cm³/mol. The number of carbonyl (C=O) groups is 1. The van der Waals surface area contributed by atoms with Crippen LogP contribution in [0, 0.1) is 0 Å². The molecule has 1 atom stereocenters. The number of fused-ring (bicyclic) bond motifs is 1. The number of piperidine rings is 1. The molecular formula is C13H15ClN4O. The van der Waals surface area contributed by atoms with E-state index in [0.717, 1.165) is 30.7 Å². The van der Waals surface area contributed by atoms with E-state index < -0.39 is 0 Å². The number of carbonyl (C=O) groups excluding carboxylic acids is 1. The van der Waals surface area contributed by atoms with Gasteiger partial charge < -0.3 is 15.0 Å². The highest BCUT2D eigenvalue weighted by Crippen LogP contribution is 2.12. The molecule has 100 valence electrons. The van der Waals surface area contributed by atoms with Crippen molar-refractivity contribution in [3.8, 4) is 0 Å². The van der Waals surface area contributed by atoms with Gasteiger partial charge in [0.25, 0.3) is 0 Å². The van der Waals surface area contributed by atoms with Crippen molar-refractivity contribution < 1.29 is 4.79 Å². The van der Waals surface area contributed by atoms with Gasteiger partial charge in [-0.3, -0.25) is 4.79 Å². The molecule has 1 saturated heterocycles. The van der Waals surface area contributed by atoms with Crippen LogP contribution >= 0.6 is 11.6 Å².